The van der Waals surface area contributed by atoms with Crippen LogP contribution in [0.1, 0.15) is 5.76 Å². The van der Waals surface area contributed by atoms with Crippen LogP contribution in [0, 0.1) is 0 Å². The lowest BCUT2D eigenvalue weighted by Gasteiger charge is -2.02. The van der Waals surface area contributed by atoms with E-state index in [4.69, 9.17) is 26.5 Å². The van der Waals surface area contributed by atoms with Crippen molar-refractivity contribution in [3.63, 3.8) is 0 Å². The van der Waals surface area contributed by atoms with Crippen LogP contribution in [0.2, 0.25) is 5.02 Å². The van der Waals surface area contributed by atoms with Crippen LogP contribution in [-0.2, 0) is 6.61 Å². The van der Waals surface area contributed by atoms with Gasteiger partial charge in [-0.05, 0) is 24.3 Å². The SMILES string of the molecule is Nc1ncc(COc2ccc(Cl)cc2)o1. The second-order valence-corrected chi connectivity index (χ2v) is 3.34. The lowest BCUT2D eigenvalue weighted by atomic mass is 10.3. The van der Waals surface area contributed by atoms with E-state index < -0.39 is 0 Å². The summed E-state index contributed by atoms with van der Waals surface area (Å²) in [5, 5.41) is 0.672. The summed E-state index contributed by atoms with van der Waals surface area (Å²) in [6.07, 6.45) is 1.53. The zero-order valence-corrected chi connectivity index (χ0v) is 8.57. The Kier molecular flexibility index (Phi) is 2.78. The van der Waals surface area contributed by atoms with Crippen LogP contribution in [0.5, 0.6) is 5.75 Å². The lowest BCUT2D eigenvalue weighted by Crippen LogP contribution is -1.93. The third kappa shape index (κ3) is 2.63. The third-order valence-electron chi connectivity index (χ3n) is 1.77. The fourth-order valence-electron chi connectivity index (χ4n) is 1.07. The number of nitrogens with zero attached hydrogens (tertiary/aromatic N) is 1. The second kappa shape index (κ2) is 4.23. The molecule has 2 aromatic rings. The van der Waals surface area contributed by atoms with Crippen LogP contribution in [-0.4, -0.2) is 4.98 Å². The largest absolute Gasteiger partial charge is 0.486 e. The van der Waals surface area contributed by atoms with E-state index in [0.29, 0.717) is 17.4 Å². The topological polar surface area (TPSA) is 61.3 Å². The van der Waals surface area contributed by atoms with Crippen LogP contribution in [0.25, 0.3) is 0 Å². The normalized spacial score (nSPS) is 10.2. The molecule has 15 heavy (non-hydrogen) atoms. The Bertz CT molecular complexity index is 439. The molecule has 0 aliphatic heterocycles. The van der Waals surface area contributed by atoms with Gasteiger partial charge in [0.05, 0.1) is 6.20 Å². The van der Waals surface area contributed by atoms with Crippen molar-refractivity contribution in [2.75, 3.05) is 5.73 Å². The molecule has 78 valence electrons. The first kappa shape index (κ1) is 9.86. The smallest absolute Gasteiger partial charge is 0.292 e. The Balaban J connectivity index is 1.96. The van der Waals surface area contributed by atoms with E-state index in [9.17, 15) is 0 Å². The van der Waals surface area contributed by atoms with Gasteiger partial charge >= 0.3 is 0 Å². The van der Waals surface area contributed by atoms with Crippen molar-refractivity contribution < 1.29 is 9.15 Å². The molecule has 1 aromatic heterocycles. The number of anilines is 1. The van der Waals surface area contributed by atoms with Crippen molar-refractivity contribution in [2.24, 2.45) is 0 Å². The summed E-state index contributed by atoms with van der Waals surface area (Å²) in [7, 11) is 0. The van der Waals surface area contributed by atoms with Gasteiger partial charge in [0, 0.05) is 5.02 Å². The van der Waals surface area contributed by atoms with Gasteiger partial charge in [0.1, 0.15) is 12.4 Å². The number of nitrogen functional groups attached to an aromatic ring is 1. The monoisotopic (exact) mass is 224 g/mol. The highest BCUT2D eigenvalue weighted by atomic mass is 35.5. The van der Waals surface area contributed by atoms with Crippen LogP contribution in [0.3, 0.4) is 0 Å². The first-order valence-corrected chi connectivity index (χ1v) is 4.70. The zero-order chi connectivity index (χ0) is 10.7. The van der Waals surface area contributed by atoms with Gasteiger partial charge in [0.15, 0.2) is 5.76 Å². The van der Waals surface area contributed by atoms with Crippen LogP contribution < -0.4 is 10.5 Å². The van der Waals surface area contributed by atoms with Gasteiger partial charge in [-0.15, -0.1) is 0 Å². The predicted molar refractivity (Wildman–Crippen MR) is 56.7 cm³/mol. The highest BCUT2D eigenvalue weighted by molar-refractivity contribution is 6.30. The maximum Gasteiger partial charge on any atom is 0.292 e. The number of hydrogen-bond acceptors (Lipinski definition) is 4. The van der Waals surface area contributed by atoms with Gasteiger partial charge in [0.2, 0.25) is 0 Å². The molecule has 1 heterocycles. The molecule has 1 aromatic carbocycles. The van der Waals surface area contributed by atoms with Crippen LogP contribution in [0.4, 0.5) is 6.01 Å². The Morgan fingerprint density at radius 2 is 2.07 bits per heavy atom. The van der Waals surface area contributed by atoms with Gasteiger partial charge in [-0.2, -0.15) is 0 Å². The third-order valence-corrected chi connectivity index (χ3v) is 2.02. The number of halogens is 1. The van der Waals surface area contributed by atoms with Gasteiger partial charge < -0.3 is 14.9 Å². The summed E-state index contributed by atoms with van der Waals surface area (Å²) in [5.41, 5.74) is 5.32. The Morgan fingerprint density at radius 3 is 2.67 bits per heavy atom. The van der Waals surface area contributed by atoms with E-state index >= 15 is 0 Å². The molecule has 5 heteroatoms. The molecule has 0 unspecified atom stereocenters. The minimum absolute atomic E-state index is 0.143. The number of rotatable bonds is 3. The molecule has 0 amide bonds. The molecule has 0 bridgehead atoms. The molecule has 0 saturated heterocycles. The van der Waals surface area contributed by atoms with Crippen LogP contribution >= 0.6 is 11.6 Å². The molecular weight excluding hydrogens is 216 g/mol. The number of hydrogen-bond donors (Lipinski definition) is 1. The maximum absolute atomic E-state index is 5.73. The lowest BCUT2D eigenvalue weighted by molar-refractivity contribution is 0.272. The van der Waals surface area contributed by atoms with Crippen molar-refractivity contribution >= 4 is 17.6 Å². The fraction of sp³-hybridized carbons (Fsp3) is 0.100. The maximum atomic E-state index is 5.73. The molecule has 4 nitrogen and oxygen atoms in total. The predicted octanol–water partition coefficient (Wildman–Crippen LogP) is 2.49. The van der Waals surface area contributed by atoms with E-state index in [1.54, 1.807) is 24.3 Å². The Hall–Kier alpha value is -1.68. The van der Waals surface area contributed by atoms with Crippen molar-refractivity contribution in [1.29, 1.82) is 0 Å². The first-order chi connectivity index (χ1) is 7.24. The molecule has 0 radical (unpaired) electrons. The summed E-state index contributed by atoms with van der Waals surface area (Å²) >= 11 is 5.73. The van der Waals surface area contributed by atoms with E-state index in [1.807, 2.05) is 0 Å². The van der Waals surface area contributed by atoms with Gasteiger partial charge in [-0.25, -0.2) is 4.98 Å². The fourth-order valence-corrected chi connectivity index (χ4v) is 1.20. The number of benzene rings is 1. The average molecular weight is 225 g/mol. The molecular formula is C10H9ClN2O2. The summed E-state index contributed by atoms with van der Waals surface area (Å²) in [6.45, 7) is 0.297. The highest BCUT2D eigenvalue weighted by Gasteiger charge is 2.01. The van der Waals surface area contributed by atoms with E-state index in [2.05, 4.69) is 4.98 Å². The van der Waals surface area contributed by atoms with E-state index in [1.165, 1.54) is 6.20 Å². The summed E-state index contributed by atoms with van der Waals surface area (Å²) in [6, 6.07) is 7.21. The number of aromatic nitrogens is 1. The molecule has 0 aliphatic carbocycles. The molecule has 0 spiro atoms. The first-order valence-electron chi connectivity index (χ1n) is 4.32. The molecule has 0 aliphatic rings. The summed E-state index contributed by atoms with van der Waals surface area (Å²) in [5.74, 6) is 1.30. The summed E-state index contributed by atoms with van der Waals surface area (Å²) in [4.78, 5) is 3.75. The van der Waals surface area contributed by atoms with Gasteiger partial charge in [-0.3, -0.25) is 0 Å². The van der Waals surface area contributed by atoms with Crippen molar-refractivity contribution in [3.8, 4) is 5.75 Å². The van der Waals surface area contributed by atoms with E-state index in [0.717, 1.165) is 5.75 Å². The highest BCUT2D eigenvalue weighted by Crippen LogP contribution is 2.17. The quantitative estimate of drug-likeness (QED) is 0.870. The molecule has 2 N–H and O–H groups in total. The molecule has 2 rings (SSSR count). The molecule has 0 saturated carbocycles. The number of ether oxygens (including phenoxy) is 1. The standard InChI is InChI=1S/C10H9ClN2O2/c11-7-1-3-8(4-2-7)14-6-9-5-13-10(12)15-9/h1-5H,6H2,(H2,12,13). The molecule has 0 atom stereocenters. The van der Waals surface area contributed by atoms with Gasteiger partial charge in [0.25, 0.3) is 6.01 Å². The summed E-state index contributed by atoms with van der Waals surface area (Å²) < 4.78 is 10.5. The van der Waals surface area contributed by atoms with Crippen molar-refractivity contribution in [1.82, 2.24) is 4.98 Å². The Labute approximate surface area is 91.6 Å². The second-order valence-electron chi connectivity index (χ2n) is 2.91. The van der Waals surface area contributed by atoms with Crippen molar-refractivity contribution in [3.05, 3.63) is 41.2 Å². The molecule has 0 fully saturated rings. The number of oxazole rings is 1. The number of nitrogens with two attached hydrogens (primary N) is 1. The minimum atomic E-state index is 0.143. The minimum Gasteiger partial charge on any atom is -0.486 e. The van der Waals surface area contributed by atoms with Crippen LogP contribution in [0.15, 0.2) is 34.9 Å². The zero-order valence-electron chi connectivity index (χ0n) is 7.81. The average Bonchev–Trinajstić information content (AvgIpc) is 2.64. The Morgan fingerprint density at radius 1 is 1.33 bits per heavy atom. The van der Waals surface area contributed by atoms with Crippen molar-refractivity contribution in [2.45, 2.75) is 6.61 Å². The van der Waals surface area contributed by atoms with Gasteiger partial charge in [-0.1, -0.05) is 11.6 Å². The van der Waals surface area contributed by atoms with E-state index in [-0.39, 0.29) is 6.01 Å².